The summed E-state index contributed by atoms with van der Waals surface area (Å²) in [4.78, 5) is 27.2. The predicted molar refractivity (Wildman–Crippen MR) is 83.1 cm³/mol. The van der Waals surface area contributed by atoms with Crippen molar-refractivity contribution in [1.29, 1.82) is 0 Å². The van der Waals surface area contributed by atoms with Gasteiger partial charge in [-0.25, -0.2) is 9.78 Å². The summed E-state index contributed by atoms with van der Waals surface area (Å²) in [6.45, 7) is 0.472. The van der Waals surface area contributed by atoms with Crippen molar-refractivity contribution in [2.45, 2.75) is 24.7 Å². The fraction of sp³-hybridized carbons (Fsp3) is 0.312. The van der Waals surface area contributed by atoms with E-state index in [1.807, 2.05) is 30.3 Å². The van der Waals surface area contributed by atoms with Gasteiger partial charge in [-0.1, -0.05) is 30.3 Å². The molecular formula is C16H16N2O3S. The van der Waals surface area contributed by atoms with E-state index in [-0.39, 0.29) is 17.0 Å². The molecule has 0 saturated heterocycles. The van der Waals surface area contributed by atoms with Crippen molar-refractivity contribution in [3.05, 3.63) is 52.0 Å². The highest BCUT2D eigenvalue weighted by molar-refractivity contribution is 7.09. The summed E-state index contributed by atoms with van der Waals surface area (Å²) in [5, 5.41) is 14.0. The van der Waals surface area contributed by atoms with Gasteiger partial charge in [-0.15, -0.1) is 11.3 Å². The van der Waals surface area contributed by atoms with Crippen LogP contribution in [-0.4, -0.2) is 28.5 Å². The number of benzene rings is 1. The Balaban J connectivity index is 1.55. The maximum absolute atomic E-state index is 12.4. The van der Waals surface area contributed by atoms with Crippen LogP contribution >= 0.6 is 11.3 Å². The fourth-order valence-corrected chi connectivity index (χ4v) is 3.28. The largest absolute Gasteiger partial charge is 0.476 e. The van der Waals surface area contributed by atoms with Gasteiger partial charge in [0.1, 0.15) is 0 Å². The summed E-state index contributed by atoms with van der Waals surface area (Å²) < 4.78 is 0. The molecule has 0 aliphatic heterocycles. The predicted octanol–water partition coefficient (Wildman–Crippen LogP) is 2.23. The zero-order valence-electron chi connectivity index (χ0n) is 11.9. The van der Waals surface area contributed by atoms with Crippen molar-refractivity contribution in [1.82, 2.24) is 10.3 Å². The van der Waals surface area contributed by atoms with Crippen molar-refractivity contribution in [3.63, 3.8) is 0 Å². The minimum Gasteiger partial charge on any atom is -0.476 e. The topological polar surface area (TPSA) is 79.3 Å². The molecule has 2 N–H and O–H groups in total. The molecule has 2 aromatic rings. The van der Waals surface area contributed by atoms with Crippen LogP contribution in [0.4, 0.5) is 0 Å². The minimum absolute atomic E-state index is 0.0497. The second-order valence-electron chi connectivity index (χ2n) is 5.39. The molecule has 1 aliphatic carbocycles. The van der Waals surface area contributed by atoms with E-state index in [1.165, 1.54) is 16.7 Å². The molecule has 0 radical (unpaired) electrons. The van der Waals surface area contributed by atoms with Crippen molar-refractivity contribution >= 4 is 23.2 Å². The van der Waals surface area contributed by atoms with E-state index in [2.05, 4.69) is 10.3 Å². The molecule has 3 rings (SSSR count). The number of carbonyl (C=O) groups excluding carboxylic acids is 1. The Morgan fingerprint density at radius 1 is 1.27 bits per heavy atom. The van der Waals surface area contributed by atoms with Gasteiger partial charge in [0.05, 0.1) is 10.4 Å². The second kappa shape index (κ2) is 5.88. The molecule has 1 aliphatic rings. The maximum atomic E-state index is 12.4. The number of nitrogens with zero attached hydrogens (tertiary/aromatic N) is 1. The molecule has 6 heteroatoms. The van der Waals surface area contributed by atoms with Crippen molar-refractivity contribution in [2.24, 2.45) is 0 Å². The second-order valence-corrected chi connectivity index (χ2v) is 6.33. The Morgan fingerprint density at radius 3 is 2.59 bits per heavy atom. The Labute approximate surface area is 132 Å². The van der Waals surface area contributed by atoms with Gasteiger partial charge in [0.2, 0.25) is 5.91 Å². The highest BCUT2D eigenvalue weighted by atomic mass is 32.1. The quantitative estimate of drug-likeness (QED) is 0.856. The van der Waals surface area contributed by atoms with Gasteiger partial charge in [0, 0.05) is 18.3 Å². The molecule has 1 fully saturated rings. The van der Waals surface area contributed by atoms with Crippen molar-refractivity contribution in [3.8, 4) is 0 Å². The molecule has 0 atom stereocenters. The number of hydrogen-bond donors (Lipinski definition) is 2. The number of aromatic carboxylic acids is 1. The van der Waals surface area contributed by atoms with Crippen LogP contribution < -0.4 is 5.32 Å². The number of thiazole rings is 1. The van der Waals surface area contributed by atoms with Gasteiger partial charge in [0.15, 0.2) is 5.69 Å². The van der Waals surface area contributed by atoms with Crippen LogP contribution in [0.25, 0.3) is 0 Å². The zero-order valence-corrected chi connectivity index (χ0v) is 12.7. The lowest BCUT2D eigenvalue weighted by Gasteiger charge is -2.15. The van der Waals surface area contributed by atoms with Gasteiger partial charge in [-0.3, -0.25) is 4.79 Å². The molecule has 1 saturated carbocycles. The lowest BCUT2D eigenvalue weighted by Crippen LogP contribution is -2.35. The number of hydrogen-bond acceptors (Lipinski definition) is 4. The Hall–Kier alpha value is -2.21. The number of amides is 1. The minimum atomic E-state index is -1.02. The first-order valence-corrected chi connectivity index (χ1v) is 8.01. The van der Waals surface area contributed by atoms with Crippen molar-refractivity contribution < 1.29 is 14.7 Å². The Bertz CT molecular complexity index is 692. The third-order valence-corrected chi connectivity index (χ3v) is 4.81. The molecule has 5 nitrogen and oxygen atoms in total. The summed E-state index contributed by atoms with van der Waals surface area (Å²) in [6.07, 6.45) is 2.31. The first kappa shape index (κ1) is 14.7. The number of carbonyl (C=O) groups is 2. The first-order chi connectivity index (χ1) is 10.6. The van der Waals surface area contributed by atoms with Gasteiger partial charge in [0.25, 0.3) is 0 Å². The van der Waals surface area contributed by atoms with Crippen LogP contribution in [0, 0.1) is 0 Å². The molecule has 22 heavy (non-hydrogen) atoms. The molecule has 114 valence electrons. The van der Waals surface area contributed by atoms with E-state index in [0.29, 0.717) is 13.0 Å². The van der Waals surface area contributed by atoms with E-state index in [9.17, 15) is 9.59 Å². The van der Waals surface area contributed by atoms with E-state index in [0.717, 1.165) is 23.4 Å². The monoisotopic (exact) mass is 316 g/mol. The van der Waals surface area contributed by atoms with Crippen molar-refractivity contribution in [2.75, 3.05) is 6.54 Å². The van der Waals surface area contributed by atoms with Crippen LogP contribution in [0.1, 0.15) is 33.9 Å². The van der Waals surface area contributed by atoms with Gasteiger partial charge < -0.3 is 10.4 Å². The summed E-state index contributed by atoms with van der Waals surface area (Å²) in [5.41, 5.74) is 0.764. The molecule has 1 aromatic carbocycles. The third kappa shape index (κ3) is 2.87. The van der Waals surface area contributed by atoms with E-state index in [1.54, 1.807) is 0 Å². The average molecular weight is 316 g/mol. The SMILES string of the molecule is O=C(O)c1csc(CCNC(=O)C2(c3ccccc3)CC2)n1. The molecule has 1 amide bonds. The summed E-state index contributed by atoms with van der Waals surface area (Å²) in [6, 6.07) is 9.83. The normalized spacial score (nSPS) is 15.3. The summed E-state index contributed by atoms with van der Waals surface area (Å²) in [5.74, 6) is -0.971. The zero-order chi connectivity index (χ0) is 15.6. The standard InChI is InChI=1S/C16H16N2O3S/c19-14(20)12-10-22-13(18-12)6-9-17-15(21)16(7-8-16)11-4-2-1-3-5-11/h1-5,10H,6-9H2,(H,17,21)(H,19,20). The van der Waals surface area contributed by atoms with Gasteiger partial charge >= 0.3 is 5.97 Å². The van der Waals surface area contributed by atoms with E-state index >= 15 is 0 Å². The average Bonchev–Trinajstić information content (AvgIpc) is 3.21. The molecule has 1 heterocycles. The van der Waals surface area contributed by atoms with Gasteiger partial charge in [-0.2, -0.15) is 0 Å². The molecule has 0 bridgehead atoms. The van der Waals surface area contributed by atoms with Crippen LogP contribution in [0.15, 0.2) is 35.7 Å². The van der Waals surface area contributed by atoms with E-state index < -0.39 is 5.97 Å². The maximum Gasteiger partial charge on any atom is 0.355 e. The highest BCUT2D eigenvalue weighted by Gasteiger charge is 2.50. The smallest absolute Gasteiger partial charge is 0.355 e. The Morgan fingerprint density at radius 2 is 2.00 bits per heavy atom. The molecule has 0 spiro atoms. The van der Waals surface area contributed by atoms with Crippen LogP contribution in [-0.2, 0) is 16.6 Å². The molecule has 0 unspecified atom stereocenters. The first-order valence-electron chi connectivity index (χ1n) is 7.13. The lowest BCUT2D eigenvalue weighted by molar-refractivity contribution is -0.123. The third-order valence-electron chi connectivity index (χ3n) is 3.91. The van der Waals surface area contributed by atoms with E-state index in [4.69, 9.17) is 5.11 Å². The summed E-state index contributed by atoms with van der Waals surface area (Å²) >= 11 is 1.31. The van der Waals surface area contributed by atoms with Crippen LogP contribution in [0.2, 0.25) is 0 Å². The highest BCUT2D eigenvalue weighted by Crippen LogP contribution is 2.48. The number of aromatic nitrogens is 1. The fourth-order valence-electron chi connectivity index (χ4n) is 2.51. The lowest BCUT2D eigenvalue weighted by atomic mass is 9.95. The molecular weight excluding hydrogens is 300 g/mol. The number of nitrogens with one attached hydrogen (secondary N) is 1. The molecule has 1 aromatic heterocycles. The number of carboxylic acids is 1. The Kier molecular flexibility index (Phi) is 3.94. The summed E-state index contributed by atoms with van der Waals surface area (Å²) in [7, 11) is 0. The van der Waals surface area contributed by atoms with Crippen LogP contribution in [0.3, 0.4) is 0 Å². The van der Waals surface area contributed by atoms with Gasteiger partial charge in [-0.05, 0) is 18.4 Å². The van der Waals surface area contributed by atoms with Crippen LogP contribution in [0.5, 0.6) is 0 Å². The number of rotatable bonds is 6. The number of carboxylic acid groups (broad SMARTS) is 1.